The zero-order chi connectivity index (χ0) is 11.6. The second-order valence-corrected chi connectivity index (χ2v) is 5.52. The lowest BCUT2D eigenvalue weighted by Crippen LogP contribution is -2.47. The molecule has 0 aromatic heterocycles. The first-order valence-corrected chi connectivity index (χ1v) is 6.22. The summed E-state index contributed by atoms with van der Waals surface area (Å²) >= 11 is 0. The van der Waals surface area contributed by atoms with Crippen molar-refractivity contribution in [1.82, 2.24) is 10.6 Å². The molecule has 0 spiro atoms. The van der Waals surface area contributed by atoms with E-state index in [1.165, 1.54) is 0 Å². The van der Waals surface area contributed by atoms with E-state index < -0.39 is 0 Å². The molecule has 1 aliphatic carbocycles. The highest BCUT2D eigenvalue weighted by atomic mass is 16.5. The second-order valence-electron chi connectivity index (χ2n) is 5.52. The average molecular weight is 226 g/mol. The maximum absolute atomic E-state index is 11.5. The topological polar surface area (TPSA) is 50.4 Å². The molecule has 92 valence electrons. The van der Waals surface area contributed by atoms with E-state index in [0.29, 0.717) is 18.6 Å². The van der Waals surface area contributed by atoms with Gasteiger partial charge in [0.15, 0.2) is 0 Å². The Morgan fingerprint density at radius 3 is 2.69 bits per heavy atom. The molecule has 16 heavy (non-hydrogen) atoms. The Hall–Kier alpha value is -0.610. The Morgan fingerprint density at radius 1 is 1.31 bits per heavy atom. The molecule has 1 amide bonds. The van der Waals surface area contributed by atoms with Gasteiger partial charge in [0.25, 0.3) is 0 Å². The SMILES string of the molecule is CC1(C)CC(NCC(=O)NC2CC2)CCO1. The third-order valence-electron chi connectivity index (χ3n) is 3.19. The van der Waals surface area contributed by atoms with Crippen molar-refractivity contribution in [3.05, 3.63) is 0 Å². The highest BCUT2D eigenvalue weighted by Crippen LogP contribution is 2.23. The van der Waals surface area contributed by atoms with Gasteiger partial charge in [-0.2, -0.15) is 0 Å². The molecule has 1 heterocycles. The molecule has 1 unspecified atom stereocenters. The number of ether oxygens (including phenoxy) is 1. The number of carbonyl (C=O) groups excluding carboxylic acids is 1. The fraction of sp³-hybridized carbons (Fsp3) is 0.917. The zero-order valence-electron chi connectivity index (χ0n) is 10.2. The summed E-state index contributed by atoms with van der Waals surface area (Å²) in [5.74, 6) is 0.131. The van der Waals surface area contributed by atoms with Crippen molar-refractivity contribution >= 4 is 5.91 Å². The van der Waals surface area contributed by atoms with Crippen LogP contribution in [0.3, 0.4) is 0 Å². The van der Waals surface area contributed by atoms with Crippen LogP contribution in [-0.4, -0.2) is 36.7 Å². The van der Waals surface area contributed by atoms with Gasteiger partial charge in [-0.1, -0.05) is 0 Å². The Labute approximate surface area is 97.1 Å². The lowest BCUT2D eigenvalue weighted by molar-refractivity contribution is -0.121. The lowest BCUT2D eigenvalue weighted by Gasteiger charge is -2.35. The van der Waals surface area contributed by atoms with Crippen LogP contribution >= 0.6 is 0 Å². The van der Waals surface area contributed by atoms with Crippen molar-refractivity contribution in [1.29, 1.82) is 0 Å². The van der Waals surface area contributed by atoms with Gasteiger partial charge in [0, 0.05) is 18.7 Å². The molecule has 0 aromatic carbocycles. The van der Waals surface area contributed by atoms with Gasteiger partial charge in [-0.25, -0.2) is 0 Å². The highest BCUT2D eigenvalue weighted by Gasteiger charge is 2.29. The summed E-state index contributed by atoms with van der Waals surface area (Å²) in [5, 5.41) is 6.30. The lowest BCUT2D eigenvalue weighted by atomic mass is 9.94. The van der Waals surface area contributed by atoms with Crippen LogP contribution in [0.1, 0.15) is 39.5 Å². The molecule has 1 atom stereocenters. The predicted octanol–water partition coefficient (Wildman–Crippen LogP) is 0.812. The van der Waals surface area contributed by atoms with Crippen LogP contribution in [0.4, 0.5) is 0 Å². The zero-order valence-corrected chi connectivity index (χ0v) is 10.2. The van der Waals surface area contributed by atoms with Gasteiger partial charge in [-0.05, 0) is 39.5 Å². The molecule has 0 radical (unpaired) electrons. The van der Waals surface area contributed by atoms with Gasteiger partial charge in [0.2, 0.25) is 5.91 Å². The standard InChI is InChI=1S/C12H22N2O2/c1-12(2)7-10(5-6-16-12)13-8-11(15)14-9-3-4-9/h9-10,13H,3-8H2,1-2H3,(H,14,15). The maximum atomic E-state index is 11.5. The second kappa shape index (κ2) is 4.72. The average Bonchev–Trinajstić information content (AvgIpc) is 2.97. The summed E-state index contributed by atoms with van der Waals surface area (Å²) in [6.45, 7) is 5.43. The van der Waals surface area contributed by atoms with Crippen LogP contribution in [0.5, 0.6) is 0 Å². The first-order valence-electron chi connectivity index (χ1n) is 6.22. The van der Waals surface area contributed by atoms with Gasteiger partial charge >= 0.3 is 0 Å². The van der Waals surface area contributed by atoms with E-state index in [4.69, 9.17) is 4.74 Å². The van der Waals surface area contributed by atoms with E-state index in [2.05, 4.69) is 24.5 Å². The molecule has 2 rings (SSSR count). The minimum atomic E-state index is -0.0527. The van der Waals surface area contributed by atoms with E-state index in [-0.39, 0.29) is 11.5 Å². The smallest absolute Gasteiger partial charge is 0.234 e. The van der Waals surface area contributed by atoms with Crippen LogP contribution in [0.25, 0.3) is 0 Å². The largest absolute Gasteiger partial charge is 0.375 e. The molecule has 1 saturated heterocycles. The van der Waals surface area contributed by atoms with E-state index in [1.54, 1.807) is 0 Å². The molecule has 0 aromatic rings. The van der Waals surface area contributed by atoms with Crippen molar-refractivity contribution in [2.75, 3.05) is 13.2 Å². The van der Waals surface area contributed by atoms with Gasteiger partial charge in [0.1, 0.15) is 0 Å². The Balaban J connectivity index is 1.66. The fourth-order valence-corrected chi connectivity index (χ4v) is 2.15. The van der Waals surface area contributed by atoms with Crippen molar-refractivity contribution in [2.45, 2.75) is 57.2 Å². The number of nitrogens with one attached hydrogen (secondary N) is 2. The molecule has 1 aliphatic heterocycles. The number of hydrogen-bond donors (Lipinski definition) is 2. The fourth-order valence-electron chi connectivity index (χ4n) is 2.15. The van der Waals surface area contributed by atoms with Crippen LogP contribution < -0.4 is 10.6 Å². The van der Waals surface area contributed by atoms with Crippen molar-refractivity contribution in [2.24, 2.45) is 0 Å². The quantitative estimate of drug-likeness (QED) is 0.746. The van der Waals surface area contributed by atoms with E-state index in [0.717, 1.165) is 32.3 Å². The molecular formula is C12H22N2O2. The molecule has 1 saturated carbocycles. The Kier molecular flexibility index (Phi) is 3.50. The van der Waals surface area contributed by atoms with Crippen LogP contribution in [-0.2, 0) is 9.53 Å². The Morgan fingerprint density at radius 2 is 2.06 bits per heavy atom. The van der Waals surface area contributed by atoms with Crippen molar-refractivity contribution in [3.8, 4) is 0 Å². The predicted molar refractivity (Wildman–Crippen MR) is 62.2 cm³/mol. The third-order valence-corrected chi connectivity index (χ3v) is 3.19. The third kappa shape index (κ3) is 3.76. The maximum Gasteiger partial charge on any atom is 0.234 e. The molecule has 4 heteroatoms. The van der Waals surface area contributed by atoms with E-state index in [9.17, 15) is 4.79 Å². The van der Waals surface area contributed by atoms with Crippen LogP contribution in [0, 0.1) is 0 Å². The Bertz CT molecular complexity index is 262. The molecule has 2 fully saturated rings. The minimum Gasteiger partial charge on any atom is -0.375 e. The molecule has 2 aliphatic rings. The summed E-state index contributed by atoms with van der Waals surface area (Å²) < 4.78 is 5.64. The van der Waals surface area contributed by atoms with E-state index >= 15 is 0 Å². The molecule has 4 nitrogen and oxygen atoms in total. The van der Waals surface area contributed by atoms with Gasteiger partial charge < -0.3 is 15.4 Å². The molecule has 2 N–H and O–H groups in total. The van der Waals surface area contributed by atoms with Gasteiger partial charge in [-0.15, -0.1) is 0 Å². The summed E-state index contributed by atoms with van der Waals surface area (Å²) in [6, 6.07) is 0.870. The summed E-state index contributed by atoms with van der Waals surface area (Å²) in [6.07, 6.45) is 4.27. The monoisotopic (exact) mass is 226 g/mol. The number of amides is 1. The molecular weight excluding hydrogens is 204 g/mol. The van der Waals surface area contributed by atoms with E-state index in [1.807, 2.05) is 0 Å². The minimum absolute atomic E-state index is 0.0527. The highest BCUT2D eigenvalue weighted by molar-refractivity contribution is 5.78. The first kappa shape index (κ1) is 11.9. The van der Waals surface area contributed by atoms with Gasteiger partial charge in [0.05, 0.1) is 12.1 Å². The first-order chi connectivity index (χ1) is 7.55. The molecule has 0 bridgehead atoms. The van der Waals surface area contributed by atoms with Crippen LogP contribution in [0.2, 0.25) is 0 Å². The number of carbonyl (C=O) groups is 1. The number of rotatable bonds is 4. The van der Waals surface area contributed by atoms with Crippen molar-refractivity contribution < 1.29 is 9.53 Å². The van der Waals surface area contributed by atoms with Gasteiger partial charge in [-0.3, -0.25) is 4.79 Å². The van der Waals surface area contributed by atoms with Crippen LogP contribution in [0.15, 0.2) is 0 Å². The number of hydrogen-bond acceptors (Lipinski definition) is 3. The normalized spacial score (nSPS) is 28.8. The summed E-state index contributed by atoms with van der Waals surface area (Å²) in [5.41, 5.74) is -0.0527. The van der Waals surface area contributed by atoms with Crippen molar-refractivity contribution in [3.63, 3.8) is 0 Å². The summed E-state index contributed by atoms with van der Waals surface area (Å²) in [7, 11) is 0. The summed E-state index contributed by atoms with van der Waals surface area (Å²) in [4.78, 5) is 11.5.